The number of nitrogens with one attached hydrogen (secondary N) is 1. The molecular weight excluding hydrogens is 420 g/mol. The van der Waals surface area contributed by atoms with Gasteiger partial charge in [-0.15, -0.1) is 0 Å². The number of hydrogen-bond acceptors (Lipinski definition) is 5. The number of rotatable bonds is 6. The molecule has 1 saturated heterocycles. The number of aliphatic hydroxyl groups is 1. The third-order valence-electron chi connectivity index (χ3n) is 6.94. The molecule has 0 spiro atoms. The van der Waals surface area contributed by atoms with Gasteiger partial charge in [-0.1, -0.05) is 62.4 Å². The van der Waals surface area contributed by atoms with Gasteiger partial charge in [-0.2, -0.15) is 0 Å². The Labute approximate surface area is 194 Å². The highest BCUT2D eigenvalue weighted by molar-refractivity contribution is 6.01. The van der Waals surface area contributed by atoms with Crippen LogP contribution in [0.2, 0.25) is 0 Å². The molecule has 2 amide bonds. The first-order chi connectivity index (χ1) is 16.0. The number of nitrogens with zero attached hydrogens (tertiary/aromatic N) is 1. The fraction of sp³-hybridized carbons (Fsp3) is 0.500. The summed E-state index contributed by atoms with van der Waals surface area (Å²) in [4.78, 5) is 40.4. The summed E-state index contributed by atoms with van der Waals surface area (Å²) < 4.78 is 4.85. The number of fused-ring (bicyclic) bond motifs is 1. The van der Waals surface area contributed by atoms with Crippen LogP contribution in [0, 0.1) is 5.92 Å². The zero-order valence-electron chi connectivity index (χ0n) is 19.0. The van der Waals surface area contributed by atoms with Crippen LogP contribution < -0.4 is 5.32 Å². The Morgan fingerprint density at radius 3 is 2.55 bits per heavy atom. The summed E-state index contributed by atoms with van der Waals surface area (Å²) >= 11 is 0. The molecule has 2 aromatic rings. The van der Waals surface area contributed by atoms with Crippen LogP contribution in [0.25, 0.3) is 10.8 Å². The van der Waals surface area contributed by atoms with E-state index < -0.39 is 24.2 Å². The van der Waals surface area contributed by atoms with E-state index in [1.807, 2.05) is 36.4 Å². The van der Waals surface area contributed by atoms with Crippen molar-refractivity contribution in [2.45, 2.75) is 63.1 Å². The number of benzene rings is 2. The first-order valence-electron chi connectivity index (χ1n) is 11.8. The third kappa shape index (κ3) is 5.36. The van der Waals surface area contributed by atoms with Crippen LogP contribution in [-0.2, 0) is 14.3 Å². The number of ether oxygens (including phenoxy) is 1. The molecule has 2 N–H and O–H groups in total. The first kappa shape index (κ1) is 23.2. The maximum absolute atomic E-state index is 13.6. The summed E-state index contributed by atoms with van der Waals surface area (Å²) in [7, 11) is 1.27. The Hall–Kier alpha value is -2.93. The molecule has 2 fully saturated rings. The van der Waals surface area contributed by atoms with Gasteiger partial charge in [-0.05, 0) is 35.2 Å². The van der Waals surface area contributed by atoms with E-state index in [0.717, 1.165) is 36.5 Å². The van der Waals surface area contributed by atoms with Crippen LogP contribution >= 0.6 is 0 Å². The number of likely N-dealkylation sites (tertiary alicyclic amines) is 1. The van der Waals surface area contributed by atoms with Crippen molar-refractivity contribution < 1.29 is 24.2 Å². The summed E-state index contributed by atoms with van der Waals surface area (Å²) in [5.41, 5.74) is 0.487. The van der Waals surface area contributed by atoms with E-state index in [2.05, 4.69) is 5.32 Å². The molecule has 0 radical (unpaired) electrons. The molecule has 7 nitrogen and oxygen atoms in total. The van der Waals surface area contributed by atoms with Crippen molar-refractivity contribution in [3.63, 3.8) is 0 Å². The van der Waals surface area contributed by atoms with Crippen molar-refractivity contribution in [2.75, 3.05) is 13.7 Å². The Morgan fingerprint density at radius 1 is 1.09 bits per heavy atom. The molecule has 1 saturated carbocycles. The fourth-order valence-electron chi connectivity index (χ4n) is 5.17. The lowest BCUT2D eigenvalue weighted by molar-refractivity contribution is -0.151. The molecule has 4 rings (SSSR count). The molecule has 2 aromatic carbocycles. The number of carbonyl (C=O) groups excluding carboxylic acids is 3. The number of β-amino-alcohol motifs (C(OH)–C–C–N with tert-alkyl or cyclic N) is 1. The maximum atomic E-state index is 13.6. The zero-order chi connectivity index (χ0) is 23.4. The van der Waals surface area contributed by atoms with Gasteiger partial charge in [0.05, 0.1) is 13.2 Å². The van der Waals surface area contributed by atoms with Crippen LogP contribution in [0.4, 0.5) is 0 Å². The van der Waals surface area contributed by atoms with Crippen molar-refractivity contribution in [3.05, 3.63) is 48.0 Å². The van der Waals surface area contributed by atoms with E-state index >= 15 is 0 Å². The average Bonchev–Trinajstić information content (AvgIpc) is 3.24. The second kappa shape index (κ2) is 10.3. The molecule has 1 heterocycles. The SMILES string of the molecule is COC(=O)[C@@H]1C[C@@H](O)CN1C(=O)[C@@H](CC1CCCCC1)NC(=O)c1ccc2ccccc2c1. The Morgan fingerprint density at radius 2 is 1.82 bits per heavy atom. The molecule has 0 unspecified atom stereocenters. The molecule has 1 aliphatic carbocycles. The molecule has 1 aliphatic heterocycles. The summed E-state index contributed by atoms with van der Waals surface area (Å²) in [6.07, 6.45) is 5.38. The first-order valence-corrected chi connectivity index (χ1v) is 11.8. The molecule has 2 aliphatic rings. The third-order valence-corrected chi connectivity index (χ3v) is 6.94. The zero-order valence-corrected chi connectivity index (χ0v) is 19.0. The number of esters is 1. The van der Waals surface area contributed by atoms with Gasteiger partial charge in [0.1, 0.15) is 12.1 Å². The highest BCUT2D eigenvalue weighted by Crippen LogP contribution is 2.29. The number of aliphatic hydroxyl groups excluding tert-OH is 1. The minimum atomic E-state index is -0.830. The van der Waals surface area contributed by atoms with Crippen LogP contribution in [0.5, 0.6) is 0 Å². The molecular formula is C26H32N2O5. The van der Waals surface area contributed by atoms with E-state index in [1.165, 1.54) is 18.4 Å². The summed E-state index contributed by atoms with van der Waals surface area (Å²) in [5.74, 6) is -0.850. The maximum Gasteiger partial charge on any atom is 0.328 e. The molecule has 7 heteroatoms. The number of methoxy groups -OCH3 is 1. The van der Waals surface area contributed by atoms with E-state index in [0.29, 0.717) is 17.9 Å². The summed E-state index contributed by atoms with van der Waals surface area (Å²) in [5, 5.41) is 15.1. The van der Waals surface area contributed by atoms with Crippen LogP contribution in [0.3, 0.4) is 0 Å². The Kier molecular flexibility index (Phi) is 7.28. The predicted octanol–water partition coefficient (Wildman–Crippen LogP) is 3.04. The van der Waals surface area contributed by atoms with Gasteiger partial charge < -0.3 is 20.1 Å². The van der Waals surface area contributed by atoms with Gasteiger partial charge in [-0.3, -0.25) is 9.59 Å². The lowest BCUT2D eigenvalue weighted by Crippen LogP contribution is -2.52. The lowest BCUT2D eigenvalue weighted by atomic mass is 9.84. The van der Waals surface area contributed by atoms with E-state index in [-0.39, 0.29) is 24.8 Å². The van der Waals surface area contributed by atoms with Crippen molar-refractivity contribution in [3.8, 4) is 0 Å². The van der Waals surface area contributed by atoms with Gasteiger partial charge in [0.15, 0.2) is 0 Å². The van der Waals surface area contributed by atoms with Crippen LogP contribution in [-0.4, -0.2) is 59.6 Å². The van der Waals surface area contributed by atoms with Gasteiger partial charge in [0.2, 0.25) is 5.91 Å². The Balaban J connectivity index is 1.56. The van der Waals surface area contributed by atoms with Gasteiger partial charge in [0, 0.05) is 18.5 Å². The topological polar surface area (TPSA) is 95.9 Å². The van der Waals surface area contributed by atoms with Crippen LogP contribution in [0.15, 0.2) is 42.5 Å². The smallest absolute Gasteiger partial charge is 0.328 e. The van der Waals surface area contributed by atoms with Crippen molar-refractivity contribution in [2.24, 2.45) is 5.92 Å². The fourth-order valence-corrected chi connectivity index (χ4v) is 5.17. The highest BCUT2D eigenvalue weighted by Gasteiger charge is 2.42. The number of carbonyl (C=O) groups is 3. The molecule has 3 atom stereocenters. The largest absolute Gasteiger partial charge is 0.467 e. The monoisotopic (exact) mass is 452 g/mol. The summed E-state index contributed by atoms with van der Waals surface area (Å²) in [6, 6.07) is 11.7. The van der Waals surface area contributed by atoms with E-state index in [4.69, 9.17) is 4.74 Å². The quantitative estimate of drug-likeness (QED) is 0.657. The minimum Gasteiger partial charge on any atom is -0.467 e. The standard InChI is InChI=1S/C26H32N2O5/c1-33-26(32)23-15-21(29)16-28(23)25(31)22(13-17-7-3-2-4-8-17)27-24(30)20-12-11-18-9-5-6-10-19(18)14-20/h5-6,9-12,14,17,21-23,29H,2-4,7-8,13,15-16H2,1H3,(H,27,30)/t21-,22-,23+/m1/s1. The molecule has 33 heavy (non-hydrogen) atoms. The number of hydrogen-bond donors (Lipinski definition) is 2. The minimum absolute atomic E-state index is 0.0611. The van der Waals surface area contributed by atoms with Gasteiger partial charge >= 0.3 is 5.97 Å². The molecule has 176 valence electrons. The van der Waals surface area contributed by atoms with Gasteiger partial charge in [0.25, 0.3) is 5.91 Å². The second-order valence-corrected chi connectivity index (χ2v) is 9.25. The highest BCUT2D eigenvalue weighted by atomic mass is 16.5. The van der Waals surface area contributed by atoms with Gasteiger partial charge in [-0.25, -0.2) is 4.79 Å². The molecule has 0 bridgehead atoms. The average molecular weight is 453 g/mol. The molecule has 0 aromatic heterocycles. The van der Waals surface area contributed by atoms with Crippen molar-refractivity contribution >= 4 is 28.6 Å². The van der Waals surface area contributed by atoms with E-state index in [9.17, 15) is 19.5 Å². The van der Waals surface area contributed by atoms with Crippen molar-refractivity contribution in [1.29, 1.82) is 0 Å². The van der Waals surface area contributed by atoms with Crippen molar-refractivity contribution in [1.82, 2.24) is 10.2 Å². The van der Waals surface area contributed by atoms with Crippen LogP contribution in [0.1, 0.15) is 55.3 Å². The normalized spacial score (nSPS) is 22.2. The second-order valence-electron chi connectivity index (χ2n) is 9.25. The van der Waals surface area contributed by atoms with E-state index in [1.54, 1.807) is 6.07 Å². The predicted molar refractivity (Wildman–Crippen MR) is 125 cm³/mol. The number of amides is 2. The lowest BCUT2D eigenvalue weighted by Gasteiger charge is -2.31. The summed E-state index contributed by atoms with van der Waals surface area (Å²) in [6.45, 7) is 0.0611. The Bertz CT molecular complexity index is 1020.